The number of hydrogen-bond acceptors (Lipinski definition) is 9. The first-order valence-corrected chi connectivity index (χ1v) is 16.6. The number of nitrogens with zero attached hydrogens (tertiary/aromatic N) is 1. The summed E-state index contributed by atoms with van der Waals surface area (Å²) in [6, 6.07) is 24.8. The third-order valence-electron chi connectivity index (χ3n) is 8.66. The van der Waals surface area contributed by atoms with Crippen molar-refractivity contribution >= 4 is 39.4 Å². The molecule has 0 aliphatic heterocycles. The van der Waals surface area contributed by atoms with Crippen molar-refractivity contribution in [2.75, 3.05) is 49.3 Å². The summed E-state index contributed by atoms with van der Waals surface area (Å²) >= 11 is 0. The van der Waals surface area contributed by atoms with E-state index in [1.54, 1.807) is 39.5 Å². The molecule has 6 rings (SSSR count). The molecule has 11 heteroatoms. The van der Waals surface area contributed by atoms with Crippen molar-refractivity contribution in [1.82, 2.24) is 15.3 Å². The van der Waals surface area contributed by atoms with Gasteiger partial charge in [0.15, 0.2) is 23.0 Å². The molecule has 0 saturated heterocycles. The Balaban J connectivity index is 1.46. The number of benzene rings is 4. The first-order chi connectivity index (χ1) is 25.4. The molecule has 4 aromatic carbocycles. The molecule has 11 nitrogen and oxygen atoms in total. The van der Waals surface area contributed by atoms with Crippen LogP contribution < -0.4 is 38.5 Å². The van der Waals surface area contributed by atoms with Gasteiger partial charge in [-0.15, -0.1) is 0 Å². The Morgan fingerprint density at radius 3 is 1.92 bits per heavy atom. The molecule has 0 aliphatic rings. The predicted octanol–water partition coefficient (Wildman–Crippen LogP) is 7.69. The summed E-state index contributed by atoms with van der Waals surface area (Å²) in [5.74, 6) is 2.99. The van der Waals surface area contributed by atoms with Gasteiger partial charge in [-0.1, -0.05) is 36.4 Å². The van der Waals surface area contributed by atoms with E-state index in [-0.39, 0.29) is 12.5 Å². The van der Waals surface area contributed by atoms with Crippen LogP contribution >= 0.6 is 0 Å². The highest BCUT2D eigenvalue weighted by molar-refractivity contribution is 6.24. The number of fused-ring (bicyclic) bond motifs is 3. The number of hydrogen-bond donors (Lipinski definition) is 2. The minimum atomic E-state index is -0.351. The number of aromatic nitrogens is 2. The van der Waals surface area contributed by atoms with Crippen LogP contribution in [0.1, 0.15) is 23.7 Å². The highest BCUT2D eigenvalue weighted by Crippen LogP contribution is 2.43. The third kappa shape index (κ3) is 6.85. The second kappa shape index (κ2) is 15.7. The zero-order valence-electron chi connectivity index (χ0n) is 30.2. The van der Waals surface area contributed by atoms with Gasteiger partial charge in [-0.05, 0) is 61.0 Å². The Morgan fingerprint density at radius 1 is 0.712 bits per heavy atom. The molecular weight excluding hydrogens is 662 g/mol. The van der Waals surface area contributed by atoms with Crippen LogP contribution in [0.25, 0.3) is 44.7 Å². The summed E-state index contributed by atoms with van der Waals surface area (Å²) in [5.41, 5.74) is 5.44. The maximum atomic E-state index is 14.3. The molecule has 0 atom stereocenters. The van der Waals surface area contributed by atoms with Crippen molar-refractivity contribution in [3.8, 4) is 51.5 Å². The van der Waals surface area contributed by atoms with E-state index in [0.717, 1.165) is 32.9 Å². The van der Waals surface area contributed by atoms with Crippen molar-refractivity contribution in [3.63, 3.8) is 0 Å². The first kappa shape index (κ1) is 35.5. The minimum absolute atomic E-state index is 0.112. The molecule has 2 heterocycles. The minimum Gasteiger partial charge on any atom is -0.493 e. The lowest BCUT2D eigenvalue weighted by Gasteiger charge is -2.17. The van der Waals surface area contributed by atoms with Crippen LogP contribution in [0.2, 0.25) is 0 Å². The molecule has 268 valence electrons. The number of para-hydroxylation sites is 2. The van der Waals surface area contributed by atoms with Gasteiger partial charge in [0.25, 0.3) is 5.91 Å². The summed E-state index contributed by atoms with van der Waals surface area (Å²) in [7, 11) is 9.31. The molecule has 6 aromatic rings. The first-order valence-electron chi connectivity index (χ1n) is 16.6. The quantitative estimate of drug-likeness (QED) is 0.0869. The van der Waals surface area contributed by atoms with Gasteiger partial charge in [0.1, 0.15) is 5.75 Å². The molecule has 0 radical (unpaired) electrons. The van der Waals surface area contributed by atoms with E-state index < -0.39 is 0 Å². The lowest BCUT2D eigenvalue weighted by atomic mass is 10.00. The van der Waals surface area contributed by atoms with Gasteiger partial charge in [-0.3, -0.25) is 4.79 Å². The molecule has 0 bridgehead atoms. The maximum absolute atomic E-state index is 14.3. The average Bonchev–Trinajstić information content (AvgIpc) is 3.56. The van der Waals surface area contributed by atoms with Gasteiger partial charge in [0.2, 0.25) is 11.5 Å². The van der Waals surface area contributed by atoms with Crippen LogP contribution in [0.15, 0.2) is 78.9 Å². The fourth-order valence-electron chi connectivity index (χ4n) is 6.24. The summed E-state index contributed by atoms with van der Waals surface area (Å²) in [4.78, 5) is 23.0. The van der Waals surface area contributed by atoms with Crippen molar-refractivity contribution < 1.29 is 38.0 Å². The van der Waals surface area contributed by atoms with Crippen molar-refractivity contribution in [2.45, 2.75) is 13.5 Å². The van der Waals surface area contributed by atoms with Gasteiger partial charge in [0.05, 0.1) is 72.7 Å². The highest BCUT2D eigenvalue weighted by Gasteiger charge is 2.22. The molecule has 0 aliphatic carbocycles. The fraction of sp³-hybridized carbons (Fsp3) is 0.220. The predicted molar refractivity (Wildman–Crippen MR) is 202 cm³/mol. The van der Waals surface area contributed by atoms with E-state index >= 15 is 0 Å². The summed E-state index contributed by atoms with van der Waals surface area (Å²) in [6.45, 7) is 2.49. The highest BCUT2D eigenvalue weighted by atomic mass is 16.5. The van der Waals surface area contributed by atoms with Gasteiger partial charge < -0.3 is 43.5 Å². The van der Waals surface area contributed by atoms with Crippen LogP contribution in [0.3, 0.4) is 0 Å². The molecule has 1 amide bonds. The number of pyridine rings is 1. The van der Waals surface area contributed by atoms with Gasteiger partial charge in [0, 0.05) is 33.0 Å². The third-order valence-corrected chi connectivity index (χ3v) is 8.66. The smallest absolute Gasteiger partial charge is 0.252 e. The van der Waals surface area contributed by atoms with E-state index in [0.29, 0.717) is 69.4 Å². The lowest BCUT2D eigenvalue weighted by Crippen LogP contribution is -2.24. The van der Waals surface area contributed by atoms with Crippen LogP contribution in [-0.4, -0.2) is 65.1 Å². The molecule has 0 saturated carbocycles. The number of carbonyl (C=O) groups excluding carboxylic acids is 1. The normalized spacial score (nSPS) is 11.3. The van der Waals surface area contributed by atoms with Crippen molar-refractivity contribution in [2.24, 2.45) is 0 Å². The average molecular weight is 704 g/mol. The van der Waals surface area contributed by atoms with Crippen molar-refractivity contribution in [1.29, 1.82) is 0 Å². The van der Waals surface area contributed by atoms with Gasteiger partial charge in [-0.25, -0.2) is 4.98 Å². The second-order valence-corrected chi connectivity index (χ2v) is 11.6. The van der Waals surface area contributed by atoms with E-state index in [4.69, 9.17) is 38.1 Å². The summed E-state index contributed by atoms with van der Waals surface area (Å²) in [5, 5.41) is 5.09. The Bertz CT molecular complexity index is 2230. The zero-order chi connectivity index (χ0) is 36.8. The molecular formula is C41H41N3O8. The SMILES string of the molecule is CCOc1ccccc1/C=C(/C(=O)NCc1cc2c([nH]c3ccccc32)c(-c2cc(OC)c(OC)c(OC)c2)n1)c1cc(OC)c(OC)c(OC)c1. The molecule has 52 heavy (non-hydrogen) atoms. The number of rotatable bonds is 14. The number of carbonyl (C=O) groups is 1. The summed E-state index contributed by atoms with van der Waals surface area (Å²) in [6.07, 6.45) is 1.79. The zero-order valence-corrected chi connectivity index (χ0v) is 30.2. The van der Waals surface area contributed by atoms with E-state index in [2.05, 4.69) is 16.4 Å². The number of amides is 1. The van der Waals surface area contributed by atoms with Crippen LogP contribution in [-0.2, 0) is 11.3 Å². The molecule has 0 spiro atoms. The molecule has 2 N–H and O–H groups in total. The topological polar surface area (TPSA) is 122 Å². The van der Waals surface area contributed by atoms with Gasteiger partial charge >= 0.3 is 0 Å². The van der Waals surface area contributed by atoms with E-state index in [1.807, 2.05) is 67.6 Å². The maximum Gasteiger partial charge on any atom is 0.252 e. The van der Waals surface area contributed by atoms with Crippen molar-refractivity contribution in [3.05, 3.63) is 95.7 Å². The molecule has 0 fully saturated rings. The molecule has 0 unspecified atom stereocenters. The summed E-state index contributed by atoms with van der Waals surface area (Å²) < 4.78 is 39.6. The lowest BCUT2D eigenvalue weighted by molar-refractivity contribution is -0.115. The standard InChI is InChI=1S/C41H41N3O8/c1-8-52-32-16-12-9-13-24(32)17-29(25-18-33(46-2)39(50-6)34(19-25)47-3)41(45)42-23-27-22-30-28-14-10-11-15-31(28)44-38(30)37(43-27)26-20-35(48-4)40(51-7)36(21-26)49-5/h9-22,44H,8,23H2,1-7H3,(H,42,45)/b29-17+. The largest absolute Gasteiger partial charge is 0.493 e. The number of aromatic amines is 1. The Kier molecular flexibility index (Phi) is 10.7. The number of methoxy groups -OCH3 is 6. The van der Waals surface area contributed by atoms with Gasteiger partial charge in [-0.2, -0.15) is 0 Å². The Labute approximate surface area is 302 Å². The molecule has 2 aromatic heterocycles. The Morgan fingerprint density at radius 2 is 1.31 bits per heavy atom. The van der Waals surface area contributed by atoms with Crippen LogP contribution in [0, 0.1) is 0 Å². The second-order valence-electron chi connectivity index (χ2n) is 11.6. The number of nitrogens with one attached hydrogen (secondary N) is 2. The Hall–Kier alpha value is -6.36. The monoisotopic (exact) mass is 703 g/mol. The number of H-pyrrole nitrogens is 1. The van der Waals surface area contributed by atoms with Crippen LogP contribution in [0.5, 0.6) is 40.2 Å². The van der Waals surface area contributed by atoms with E-state index in [9.17, 15) is 4.79 Å². The number of ether oxygens (including phenoxy) is 7. The fourth-order valence-corrected chi connectivity index (χ4v) is 6.24. The van der Waals surface area contributed by atoms with Crippen LogP contribution in [0.4, 0.5) is 0 Å². The van der Waals surface area contributed by atoms with E-state index in [1.165, 1.54) is 21.3 Å².